The molecule has 0 unspecified atom stereocenters. The van der Waals surface area contributed by atoms with Gasteiger partial charge in [-0.25, -0.2) is 0 Å². The minimum absolute atomic E-state index is 0.417. The Labute approximate surface area is 93.8 Å². The number of alkyl halides is 2. The van der Waals surface area contributed by atoms with Gasteiger partial charge in [-0.1, -0.05) is 36.4 Å². The van der Waals surface area contributed by atoms with E-state index in [2.05, 4.69) is 30.4 Å². The fourth-order valence-corrected chi connectivity index (χ4v) is 1.93. The summed E-state index contributed by atoms with van der Waals surface area (Å²) in [4.78, 5) is -0.417. The molecule has 0 spiro atoms. The summed E-state index contributed by atoms with van der Waals surface area (Å²) in [5.74, 6) is 0. The van der Waals surface area contributed by atoms with Gasteiger partial charge in [0.25, 0.3) is 0 Å². The predicted octanol–water partition coefficient (Wildman–Crippen LogP) is 3.99. The lowest BCUT2D eigenvalue weighted by molar-refractivity contribution is 1.16. The summed E-state index contributed by atoms with van der Waals surface area (Å²) in [5, 5.41) is 0. The van der Waals surface area contributed by atoms with Crippen molar-refractivity contribution in [1.82, 2.24) is 0 Å². The number of halogens is 2. The Morgan fingerprint density at radius 2 is 1.93 bits per heavy atom. The van der Waals surface area contributed by atoms with Crippen LogP contribution in [-0.4, -0.2) is 4.84 Å². The van der Waals surface area contributed by atoms with Crippen LogP contribution in [0.3, 0.4) is 0 Å². The minimum Gasteiger partial charge on any atom is -0.101 e. The van der Waals surface area contributed by atoms with Gasteiger partial charge in [0.2, 0.25) is 0 Å². The van der Waals surface area contributed by atoms with Crippen molar-refractivity contribution >= 4 is 29.3 Å². The molecule has 0 nitrogen and oxygen atoms in total. The molecule has 1 aliphatic rings. The van der Waals surface area contributed by atoms with Crippen molar-refractivity contribution < 1.29 is 0 Å². The Kier molecular flexibility index (Phi) is 2.95. The zero-order chi connectivity index (χ0) is 9.97. The minimum atomic E-state index is -0.417. The first-order valence-corrected chi connectivity index (χ1v) is 5.38. The fraction of sp³-hybridized carbons (Fsp3) is 0.167. The molecular weight excluding hydrogens is 215 g/mol. The Morgan fingerprint density at radius 1 is 1.14 bits per heavy atom. The third-order valence-electron chi connectivity index (χ3n) is 2.27. The lowest BCUT2D eigenvalue weighted by Gasteiger charge is -2.12. The van der Waals surface area contributed by atoms with Gasteiger partial charge >= 0.3 is 0 Å². The second-order valence-corrected chi connectivity index (χ2v) is 4.45. The number of benzene rings is 1. The third kappa shape index (κ3) is 2.20. The summed E-state index contributed by atoms with van der Waals surface area (Å²) >= 11 is 11.4. The molecule has 0 fully saturated rings. The maximum Gasteiger partial charge on any atom is 0.126 e. The van der Waals surface area contributed by atoms with Crippen LogP contribution in [0.25, 0.3) is 6.08 Å². The van der Waals surface area contributed by atoms with Gasteiger partial charge in [0.1, 0.15) is 4.84 Å². The Bertz CT molecular complexity index is 389. The van der Waals surface area contributed by atoms with Crippen LogP contribution in [0, 0.1) is 0 Å². The molecule has 0 saturated heterocycles. The summed E-state index contributed by atoms with van der Waals surface area (Å²) < 4.78 is 0. The van der Waals surface area contributed by atoms with Crippen LogP contribution in [0.1, 0.15) is 11.1 Å². The third-order valence-corrected chi connectivity index (χ3v) is 2.52. The van der Waals surface area contributed by atoms with Gasteiger partial charge in [-0.15, -0.1) is 23.2 Å². The lowest BCUT2D eigenvalue weighted by atomic mass is 9.94. The van der Waals surface area contributed by atoms with Crippen molar-refractivity contribution in [2.24, 2.45) is 0 Å². The Balaban J connectivity index is 2.30. The van der Waals surface area contributed by atoms with E-state index in [0.29, 0.717) is 0 Å². The van der Waals surface area contributed by atoms with E-state index in [1.807, 2.05) is 12.1 Å². The van der Waals surface area contributed by atoms with Crippen LogP contribution in [0.15, 0.2) is 42.0 Å². The predicted molar refractivity (Wildman–Crippen MR) is 62.8 cm³/mol. The monoisotopic (exact) mass is 224 g/mol. The van der Waals surface area contributed by atoms with Crippen molar-refractivity contribution in [1.29, 1.82) is 0 Å². The van der Waals surface area contributed by atoms with Crippen LogP contribution < -0.4 is 0 Å². The van der Waals surface area contributed by atoms with Crippen molar-refractivity contribution in [3.8, 4) is 0 Å². The number of hydrogen-bond acceptors (Lipinski definition) is 0. The van der Waals surface area contributed by atoms with Crippen LogP contribution in [-0.2, 0) is 6.42 Å². The van der Waals surface area contributed by atoms with Crippen LogP contribution in [0.5, 0.6) is 0 Å². The first kappa shape index (κ1) is 9.82. The van der Waals surface area contributed by atoms with Gasteiger partial charge in [-0.05, 0) is 29.2 Å². The van der Waals surface area contributed by atoms with Gasteiger partial charge in [0, 0.05) is 0 Å². The highest BCUT2D eigenvalue weighted by Gasteiger charge is 2.07. The second-order valence-electron chi connectivity index (χ2n) is 3.28. The van der Waals surface area contributed by atoms with E-state index in [-0.39, 0.29) is 0 Å². The smallest absolute Gasteiger partial charge is 0.101 e. The average molecular weight is 225 g/mol. The van der Waals surface area contributed by atoms with Gasteiger partial charge in [0.15, 0.2) is 0 Å². The van der Waals surface area contributed by atoms with Crippen LogP contribution >= 0.6 is 23.2 Å². The number of rotatable bonds is 1. The normalized spacial score (nSPS) is 17.5. The van der Waals surface area contributed by atoms with Crippen molar-refractivity contribution in [3.05, 3.63) is 53.1 Å². The van der Waals surface area contributed by atoms with Gasteiger partial charge < -0.3 is 0 Å². The zero-order valence-electron chi connectivity index (χ0n) is 7.58. The highest BCUT2D eigenvalue weighted by atomic mass is 35.5. The Hall–Kier alpha value is -0.720. The molecule has 0 amide bonds. The summed E-state index contributed by atoms with van der Waals surface area (Å²) in [5.41, 5.74) is 3.79. The maximum atomic E-state index is 5.69. The molecule has 1 aromatic carbocycles. The van der Waals surface area contributed by atoms with Crippen molar-refractivity contribution in [3.63, 3.8) is 0 Å². The molecule has 0 atom stereocenters. The van der Waals surface area contributed by atoms with E-state index < -0.39 is 4.84 Å². The molecule has 2 rings (SSSR count). The summed E-state index contributed by atoms with van der Waals surface area (Å²) in [6.45, 7) is 0. The highest BCUT2D eigenvalue weighted by Crippen LogP contribution is 2.23. The van der Waals surface area contributed by atoms with Crippen molar-refractivity contribution in [2.45, 2.75) is 11.3 Å². The molecule has 1 aromatic rings. The quantitative estimate of drug-likeness (QED) is 0.634. The van der Waals surface area contributed by atoms with Gasteiger partial charge in [-0.3, -0.25) is 0 Å². The summed E-state index contributed by atoms with van der Waals surface area (Å²) in [6.07, 6.45) is 6.96. The van der Waals surface area contributed by atoms with E-state index in [4.69, 9.17) is 23.2 Å². The van der Waals surface area contributed by atoms with Crippen LogP contribution in [0.4, 0.5) is 0 Å². The number of hydrogen-bond donors (Lipinski definition) is 0. The van der Waals surface area contributed by atoms with E-state index >= 15 is 0 Å². The molecular formula is C12H10Cl2. The fourth-order valence-electron chi connectivity index (χ4n) is 1.61. The SMILES string of the molecule is ClC(Cl)C=C1C=Cc2ccccc2C1. The van der Waals surface area contributed by atoms with Gasteiger partial charge in [0.05, 0.1) is 0 Å². The zero-order valence-corrected chi connectivity index (χ0v) is 9.09. The van der Waals surface area contributed by atoms with E-state index in [1.165, 1.54) is 16.7 Å². The first-order chi connectivity index (χ1) is 6.75. The molecule has 0 heterocycles. The molecule has 0 aromatic heterocycles. The average Bonchev–Trinajstić information content (AvgIpc) is 2.17. The molecule has 0 bridgehead atoms. The lowest BCUT2D eigenvalue weighted by Crippen LogP contribution is -1.98. The highest BCUT2D eigenvalue weighted by molar-refractivity contribution is 6.45. The second kappa shape index (κ2) is 4.20. The standard InChI is InChI=1S/C12H10Cl2/c13-12(14)8-9-5-6-10-3-1-2-4-11(10)7-9/h1-6,8,12H,7H2. The molecule has 0 saturated carbocycles. The molecule has 14 heavy (non-hydrogen) atoms. The maximum absolute atomic E-state index is 5.69. The topological polar surface area (TPSA) is 0 Å². The largest absolute Gasteiger partial charge is 0.126 e. The molecule has 0 N–H and O–H groups in total. The molecule has 72 valence electrons. The molecule has 1 aliphatic carbocycles. The number of allylic oxidation sites excluding steroid dienone is 3. The number of fused-ring (bicyclic) bond motifs is 1. The molecule has 0 aliphatic heterocycles. The Morgan fingerprint density at radius 3 is 2.71 bits per heavy atom. The molecule has 0 radical (unpaired) electrons. The van der Waals surface area contributed by atoms with E-state index in [9.17, 15) is 0 Å². The first-order valence-electron chi connectivity index (χ1n) is 4.50. The van der Waals surface area contributed by atoms with Gasteiger partial charge in [-0.2, -0.15) is 0 Å². The summed E-state index contributed by atoms with van der Waals surface area (Å²) in [7, 11) is 0. The van der Waals surface area contributed by atoms with E-state index in [1.54, 1.807) is 0 Å². The summed E-state index contributed by atoms with van der Waals surface area (Å²) in [6, 6.07) is 8.34. The van der Waals surface area contributed by atoms with E-state index in [0.717, 1.165) is 6.42 Å². The van der Waals surface area contributed by atoms with Crippen LogP contribution in [0.2, 0.25) is 0 Å². The van der Waals surface area contributed by atoms with Crippen molar-refractivity contribution in [2.75, 3.05) is 0 Å². The molecule has 2 heteroatoms.